The molecule has 22 heavy (non-hydrogen) atoms. The summed E-state index contributed by atoms with van der Waals surface area (Å²) in [7, 11) is 3.05. The summed E-state index contributed by atoms with van der Waals surface area (Å²) in [5, 5.41) is 6.50. The number of aromatic nitrogens is 2. The Kier molecular flexibility index (Phi) is 3.54. The van der Waals surface area contributed by atoms with Gasteiger partial charge in [-0.25, -0.2) is 0 Å². The molecule has 1 aliphatic heterocycles. The number of benzene rings is 1. The topological polar surface area (TPSA) is 84.5 Å². The molecule has 7 heteroatoms. The van der Waals surface area contributed by atoms with Crippen molar-refractivity contribution in [3.05, 3.63) is 35.7 Å². The number of rotatable bonds is 3. The molecule has 2 aromatic rings. The molecule has 0 atom stereocenters. The lowest BCUT2D eigenvalue weighted by atomic mass is 10.1. The van der Waals surface area contributed by atoms with Crippen LogP contribution in [0.25, 0.3) is 0 Å². The van der Waals surface area contributed by atoms with Crippen LogP contribution in [-0.2, 0) is 0 Å². The highest BCUT2D eigenvalue weighted by atomic mass is 16.5. The van der Waals surface area contributed by atoms with Gasteiger partial charge < -0.3 is 14.4 Å². The maximum Gasteiger partial charge on any atom is 0.258 e. The number of ether oxygens (including phenoxy) is 2. The Morgan fingerprint density at radius 3 is 2.77 bits per heavy atom. The second kappa shape index (κ2) is 5.51. The first-order chi connectivity index (χ1) is 10.7. The number of hydrogen-bond acceptors (Lipinski definition) is 5. The molecule has 1 aromatic carbocycles. The van der Waals surface area contributed by atoms with Crippen LogP contribution in [-0.4, -0.2) is 42.7 Å². The fourth-order valence-electron chi connectivity index (χ4n) is 2.48. The number of hydrogen-bond donors (Lipinski definition) is 1. The Bertz CT molecular complexity index is 738. The predicted octanol–water partition coefficient (Wildman–Crippen LogP) is 1.66. The number of carbonyl (C=O) groups excluding carboxylic acids is 2. The van der Waals surface area contributed by atoms with Crippen LogP contribution in [0.2, 0.25) is 0 Å². The number of fused-ring (bicyclic) bond motifs is 1. The maximum absolute atomic E-state index is 12.7. The van der Waals surface area contributed by atoms with E-state index in [1.165, 1.54) is 20.4 Å². The molecule has 114 valence electrons. The molecule has 2 heterocycles. The van der Waals surface area contributed by atoms with Gasteiger partial charge in [-0.2, -0.15) is 5.10 Å². The molecule has 7 nitrogen and oxygen atoms in total. The third kappa shape index (κ3) is 2.20. The van der Waals surface area contributed by atoms with E-state index >= 15 is 0 Å². The van der Waals surface area contributed by atoms with Gasteiger partial charge in [-0.15, -0.1) is 0 Å². The fourth-order valence-corrected chi connectivity index (χ4v) is 2.48. The van der Waals surface area contributed by atoms with E-state index in [1.807, 2.05) is 0 Å². The highest BCUT2D eigenvalue weighted by Crippen LogP contribution is 2.30. The quantitative estimate of drug-likeness (QED) is 0.932. The number of H-pyrrole nitrogens is 1. The van der Waals surface area contributed by atoms with Crippen LogP contribution in [0.1, 0.15) is 27.3 Å². The second-order valence-electron chi connectivity index (χ2n) is 4.83. The molecule has 0 saturated carbocycles. The molecule has 0 radical (unpaired) electrons. The van der Waals surface area contributed by atoms with Gasteiger partial charge in [0.2, 0.25) is 0 Å². The molecule has 0 fully saturated rings. The zero-order chi connectivity index (χ0) is 15.7. The lowest BCUT2D eigenvalue weighted by Crippen LogP contribution is -2.37. The molecule has 1 aromatic heterocycles. The van der Waals surface area contributed by atoms with Gasteiger partial charge in [0, 0.05) is 18.5 Å². The summed E-state index contributed by atoms with van der Waals surface area (Å²) in [5.74, 6) is 0.783. The van der Waals surface area contributed by atoms with E-state index in [1.54, 1.807) is 23.1 Å². The number of aromatic amines is 1. The van der Waals surface area contributed by atoms with Crippen molar-refractivity contribution in [1.29, 1.82) is 0 Å². The number of amides is 1. The van der Waals surface area contributed by atoms with E-state index in [9.17, 15) is 9.59 Å². The highest BCUT2D eigenvalue weighted by Gasteiger charge is 2.30. The third-order valence-corrected chi connectivity index (χ3v) is 3.63. The van der Waals surface area contributed by atoms with Crippen LogP contribution in [0.4, 0.5) is 5.69 Å². The summed E-state index contributed by atoms with van der Waals surface area (Å²) in [4.78, 5) is 26.0. The van der Waals surface area contributed by atoms with Crippen LogP contribution >= 0.6 is 0 Å². The molecule has 0 aliphatic carbocycles. The summed E-state index contributed by atoms with van der Waals surface area (Å²) >= 11 is 0. The van der Waals surface area contributed by atoms with E-state index in [4.69, 9.17) is 9.47 Å². The normalized spacial score (nSPS) is 13.7. The van der Waals surface area contributed by atoms with Crippen molar-refractivity contribution < 1.29 is 19.1 Å². The van der Waals surface area contributed by atoms with Crippen molar-refractivity contribution >= 4 is 17.4 Å². The average Bonchev–Trinajstić information content (AvgIpc) is 3.04. The number of nitrogens with one attached hydrogen (secondary N) is 1. The summed E-state index contributed by atoms with van der Waals surface area (Å²) in [6.07, 6.45) is 1.76. The van der Waals surface area contributed by atoms with Gasteiger partial charge in [-0.3, -0.25) is 14.7 Å². The van der Waals surface area contributed by atoms with Gasteiger partial charge >= 0.3 is 0 Å². The smallest absolute Gasteiger partial charge is 0.258 e. The Labute approximate surface area is 126 Å². The standard InChI is InChI=1S/C15H15N3O4/c1-21-12-4-3-9(7-13(12)22-2)15(20)18-6-5-11(19)14-10(18)8-16-17-14/h3-4,7-8H,5-6H2,1-2H3,(H,16,17). The number of methoxy groups -OCH3 is 2. The Hall–Kier alpha value is -2.83. The molecule has 0 unspecified atom stereocenters. The lowest BCUT2D eigenvalue weighted by Gasteiger charge is -2.25. The molecule has 1 aliphatic rings. The van der Waals surface area contributed by atoms with E-state index in [-0.39, 0.29) is 18.1 Å². The zero-order valence-corrected chi connectivity index (χ0v) is 12.3. The first kappa shape index (κ1) is 14.1. The molecule has 0 bridgehead atoms. The molecule has 0 saturated heterocycles. The summed E-state index contributed by atoms with van der Waals surface area (Å²) in [6.45, 7) is 0.332. The van der Waals surface area contributed by atoms with Crippen molar-refractivity contribution in [2.24, 2.45) is 0 Å². The van der Waals surface area contributed by atoms with Crippen LogP contribution in [0, 0.1) is 0 Å². The van der Waals surface area contributed by atoms with Gasteiger partial charge in [-0.1, -0.05) is 0 Å². The first-order valence-corrected chi connectivity index (χ1v) is 6.76. The minimum atomic E-state index is -0.212. The number of Topliss-reactive ketones (excluding diaryl/α,β-unsaturated/α-hetero) is 1. The average molecular weight is 301 g/mol. The minimum absolute atomic E-state index is 0.0381. The zero-order valence-electron chi connectivity index (χ0n) is 12.3. The number of carbonyl (C=O) groups is 2. The summed E-state index contributed by atoms with van der Waals surface area (Å²) in [5.41, 5.74) is 1.34. The monoisotopic (exact) mass is 301 g/mol. The molecule has 0 spiro atoms. The van der Waals surface area contributed by atoms with Crippen molar-refractivity contribution in [3.63, 3.8) is 0 Å². The number of ketones is 1. The molecular formula is C15H15N3O4. The second-order valence-corrected chi connectivity index (χ2v) is 4.83. The highest BCUT2D eigenvalue weighted by molar-refractivity contribution is 6.12. The van der Waals surface area contributed by atoms with Gasteiger partial charge in [0.05, 0.1) is 26.1 Å². The van der Waals surface area contributed by atoms with Gasteiger partial charge in [0.25, 0.3) is 5.91 Å². The Morgan fingerprint density at radius 2 is 2.05 bits per heavy atom. The number of nitrogens with zero attached hydrogens (tertiary/aromatic N) is 2. The number of anilines is 1. The Balaban J connectivity index is 1.96. The molecular weight excluding hydrogens is 286 g/mol. The summed E-state index contributed by atoms with van der Waals surface area (Å²) in [6, 6.07) is 4.97. The van der Waals surface area contributed by atoms with Crippen LogP contribution < -0.4 is 14.4 Å². The predicted molar refractivity (Wildman–Crippen MR) is 78.8 cm³/mol. The van der Waals surface area contributed by atoms with Crippen LogP contribution in [0.15, 0.2) is 24.4 Å². The van der Waals surface area contributed by atoms with E-state index in [2.05, 4.69) is 10.2 Å². The largest absolute Gasteiger partial charge is 0.493 e. The van der Waals surface area contributed by atoms with Gasteiger partial charge in [-0.05, 0) is 18.2 Å². The maximum atomic E-state index is 12.7. The van der Waals surface area contributed by atoms with Crippen molar-refractivity contribution in [2.45, 2.75) is 6.42 Å². The van der Waals surface area contributed by atoms with Crippen molar-refractivity contribution in [1.82, 2.24) is 10.2 Å². The Morgan fingerprint density at radius 1 is 1.27 bits per heavy atom. The van der Waals surface area contributed by atoms with Gasteiger partial charge in [0.1, 0.15) is 5.69 Å². The molecule has 3 rings (SSSR count). The van der Waals surface area contributed by atoms with Crippen LogP contribution in [0.3, 0.4) is 0 Å². The lowest BCUT2D eigenvalue weighted by molar-refractivity contribution is 0.0952. The SMILES string of the molecule is COc1ccc(C(=O)N2CCC(=O)c3[nH]ncc32)cc1OC. The van der Waals surface area contributed by atoms with Crippen molar-refractivity contribution in [3.8, 4) is 11.5 Å². The fraction of sp³-hybridized carbons (Fsp3) is 0.267. The molecule has 1 amide bonds. The first-order valence-electron chi connectivity index (χ1n) is 6.76. The third-order valence-electron chi connectivity index (χ3n) is 3.63. The molecule has 1 N–H and O–H groups in total. The van der Waals surface area contributed by atoms with E-state index in [0.717, 1.165) is 0 Å². The van der Waals surface area contributed by atoms with Gasteiger partial charge in [0.15, 0.2) is 17.3 Å². The summed E-state index contributed by atoms with van der Waals surface area (Å²) < 4.78 is 10.4. The van der Waals surface area contributed by atoms with E-state index < -0.39 is 0 Å². The minimum Gasteiger partial charge on any atom is -0.493 e. The van der Waals surface area contributed by atoms with E-state index in [0.29, 0.717) is 35.0 Å². The van der Waals surface area contributed by atoms with Crippen LogP contribution in [0.5, 0.6) is 11.5 Å². The van der Waals surface area contributed by atoms with Crippen molar-refractivity contribution in [2.75, 3.05) is 25.7 Å².